The molecule has 0 saturated carbocycles. The maximum atomic E-state index is 4.84. The summed E-state index contributed by atoms with van der Waals surface area (Å²) in [5.74, 6) is 1.04. The molecule has 1 aliphatic heterocycles. The molecule has 0 bridgehead atoms. The molecule has 24 heavy (non-hydrogen) atoms. The van der Waals surface area contributed by atoms with E-state index in [1.807, 2.05) is 6.07 Å². The van der Waals surface area contributed by atoms with Gasteiger partial charge >= 0.3 is 0 Å². The van der Waals surface area contributed by atoms with Gasteiger partial charge in [0.2, 0.25) is 0 Å². The summed E-state index contributed by atoms with van der Waals surface area (Å²) in [4.78, 5) is 13.2. The molecule has 2 aromatic rings. The second-order valence-corrected chi connectivity index (χ2v) is 6.84. The molecule has 1 aromatic heterocycles. The van der Waals surface area contributed by atoms with Gasteiger partial charge < -0.3 is 10.2 Å². The van der Waals surface area contributed by atoms with E-state index >= 15 is 0 Å². The highest BCUT2D eigenvalue weighted by Crippen LogP contribution is 2.28. The molecule has 4 nitrogen and oxygen atoms in total. The molecular weight excluding hydrogens is 431 g/mol. The van der Waals surface area contributed by atoms with E-state index in [0.717, 1.165) is 36.3 Å². The molecule has 3 rings (SSSR count). The average Bonchev–Trinajstić information content (AvgIpc) is 3.22. The summed E-state index contributed by atoms with van der Waals surface area (Å²) in [7, 11) is 0. The molecule has 0 unspecified atom stereocenters. The summed E-state index contributed by atoms with van der Waals surface area (Å²) < 4.78 is 0. The molecule has 1 aliphatic rings. The van der Waals surface area contributed by atoms with Crippen LogP contribution in [0.3, 0.4) is 0 Å². The van der Waals surface area contributed by atoms with Gasteiger partial charge in [0, 0.05) is 30.1 Å². The van der Waals surface area contributed by atoms with Crippen molar-refractivity contribution in [1.82, 2.24) is 15.2 Å². The van der Waals surface area contributed by atoms with Gasteiger partial charge in [-0.2, -0.15) is 0 Å². The SMILES string of the molecule is CCNC(=NCc1sc(-c2ccccc2)nc1C)N1CCCC1.I. The van der Waals surface area contributed by atoms with Crippen molar-refractivity contribution in [3.8, 4) is 10.6 Å². The molecule has 0 amide bonds. The van der Waals surface area contributed by atoms with Crippen molar-refractivity contribution in [3.05, 3.63) is 40.9 Å². The number of likely N-dealkylation sites (tertiary alicyclic amines) is 1. The molecule has 1 N–H and O–H groups in total. The van der Waals surface area contributed by atoms with Crippen molar-refractivity contribution >= 4 is 41.3 Å². The van der Waals surface area contributed by atoms with Crippen LogP contribution in [-0.4, -0.2) is 35.5 Å². The van der Waals surface area contributed by atoms with Crippen LogP contribution in [0.15, 0.2) is 35.3 Å². The molecule has 6 heteroatoms. The maximum absolute atomic E-state index is 4.84. The van der Waals surface area contributed by atoms with Crippen LogP contribution in [0.1, 0.15) is 30.3 Å². The highest BCUT2D eigenvalue weighted by molar-refractivity contribution is 14.0. The molecule has 0 aliphatic carbocycles. The van der Waals surface area contributed by atoms with Crippen LogP contribution in [0.4, 0.5) is 0 Å². The van der Waals surface area contributed by atoms with Crippen LogP contribution in [0, 0.1) is 6.92 Å². The molecule has 2 heterocycles. The van der Waals surface area contributed by atoms with E-state index in [-0.39, 0.29) is 24.0 Å². The van der Waals surface area contributed by atoms with Gasteiger partial charge in [0.1, 0.15) is 5.01 Å². The second-order valence-electron chi connectivity index (χ2n) is 5.76. The zero-order chi connectivity index (χ0) is 16.1. The summed E-state index contributed by atoms with van der Waals surface area (Å²) in [5.41, 5.74) is 2.28. The van der Waals surface area contributed by atoms with Gasteiger partial charge in [-0.25, -0.2) is 9.98 Å². The quantitative estimate of drug-likeness (QED) is 0.424. The highest BCUT2D eigenvalue weighted by atomic mass is 127. The highest BCUT2D eigenvalue weighted by Gasteiger charge is 2.16. The number of guanidine groups is 1. The number of aliphatic imine (C=N–C) groups is 1. The van der Waals surface area contributed by atoms with Crippen LogP contribution in [0.25, 0.3) is 10.6 Å². The summed E-state index contributed by atoms with van der Waals surface area (Å²) in [6.45, 7) is 8.04. The third kappa shape index (κ3) is 4.69. The summed E-state index contributed by atoms with van der Waals surface area (Å²) >= 11 is 1.75. The second kappa shape index (κ2) is 9.36. The largest absolute Gasteiger partial charge is 0.357 e. The fourth-order valence-corrected chi connectivity index (χ4v) is 3.77. The van der Waals surface area contributed by atoms with Crippen LogP contribution in [-0.2, 0) is 6.54 Å². The lowest BCUT2D eigenvalue weighted by molar-refractivity contribution is 0.494. The Morgan fingerprint density at radius 1 is 1.25 bits per heavy atom. The van der Waals surface area contributed by atoms with E-state index < -0.39 is 0 Å². The van der Waals surface area contributed by atoms with Crippen LogP contribution in [0.2, 0.25) is 0 Å². The van der Waals surface area contributed by atoms with Gasteiger partial charge in [-0.3, -0.25) is 0 Å². The molecule has 1 fully saturated rings. The van der Waals surface area contributed by atoms with E-state index in [9.17, 15) is 0 Å². The van der Waals surface area contributed by atoms with Gasteiger partial charge in [0.15, 0.2) is 5.96 Å². The fraction of sp³-hybridized carbons (Fsp3) is 0.444. The number of benzene rings is 1. The fourth-order valence-electron chi connectivity index (χ4n) is 2.78. The molecule has 1 aromatic carbocycles. The molecular formula is C18H25IN4S. The van der Waals surface area contributed by atoms with Crippen LogP contribution < -0.4 is 5.32 Å². The van der Waals surface area contributed by atoms with Crippen molar-refractivity contribution in [2.24, 2.45) is 4.99 Å². The van der Waals surface area contributed by atoms with Gasteiger partial charge in [-0.05, 0) is 26.7 Å². The zero-order valence-electron chi connectivity index (χ0n) is 14.3. The molecule has 130 valence electrons. The van der Waals surface area contributed by atoms with Gasteiger partial charge in [0.05, 0.1) is 12.2 Å². The van der Waals surface area contributed by atoms with Crippen molar-refractivity contribution < 1.29 is 0 Å². The number of rotatable bonds is 4. The Kier molecular flexibility index (Phi) is 7.48. The number of nitrogens with one attached hydrogen (secondary N) is 1. The normalized spacial score (nSPS) is 14.6. The van der Waals surface area contributed by atoms with E-state index in [4.69, 9.17) is 9.98 Å². The number of nitrogens with zero attached hydrogens (tertiary/aromatic N) is 3. The first-order valence-corrected chi connectivity index (χ1v) is 9.14. The Hall–Kier alpha value is -1.15. The first-order valence-electron chi connectivity index (χ1n) is 8.33. The average molecular weight is 456 g/mol. The number of aryl methyl sites for hydroxylation is 1. The summed E-state index contributed by atoms with van der Waals surface area (Å²) in [5, 5.41) is 4.50. The Labute approximate surface area is 165 Å². The molecule has 0 atom stereocenters. The number of thiazole rings is 1. The number of halogens is 1. The standard InChI is InChI=1S/C18H24N4S.HI/c1-3-19-18(22-11-7-8-12-22)20-13-16-14(2)21-17(23-16)15-9-5-4-6-10-15;/h4-6,9-10H,3,7-8,11-13H2,1-2H3,(H,19,20);1H. The van der Waals surface area contributed by atoms with E-state index in [2.05, 4.69) is 48.3 Å². The maximum Gasteiger partial charge on any atom is 0.194 e. The van der Waals surface area contributed by atoms with Gasteiger partial charge in [-0.1, -0.05) is 30.3 Å². The van der Waals surface area contributed by atoms with Crippen LogP contribution >= 0.6 is 35.3 Å². The minimum absolute atomic E-state index is 0. The summed E-state index contributed by atoms with van der Waals surface area (Å²) in [6, 6.07) is 10.4. The Morgan fingerprint density at radius 3 is 2.62 bits per heavy atom. The van der Waals surface area contributed by atoms with Crippen LogP contribution in [0.5, 0.6) is 0 Å². The third-order valence-corrected chi connectivity index (χ3v) is 5.22. The predicted molar refractivity (Wildman–Crippen MR) is 113 cm³/mol. The lowest BCUT2D eigenvalue weighted by atomic mass is 10.2. The Morgan fingerprint density at radius 2 is 1.96 bits per heavy atom. The molecule has 0 spiro atoms. The number of hydrogen-bond acceptors (Lipinski definition) is 3. The first-order chi connectivity index (χ1) is 11.3. The van der Waals surface area contributed by atoms with Crippen molar-refractivity contribution in [3.63, 3.8) is 0 Å². The number of aromatic nitrogens is 1. The minimum atomic E-state index is 0. The summed E-state index contributed by atoms with van der Waals surface area (Å²) in [6.07, 6.45) is 2.53. The van der Waals surface area contributed by atoms with Gasteiger partial charge in [-0.15, -0.1) is 35.3 Å². The Balaban J connectivity index is 0.00000208. The van der Waals surface area contributed by atoms with E-state index in [0.29, 0.717) is 6.54 Å². The predicted octanol–water partition coefficient (Wildman–Crippen LogP) is 4.30. The molecule has 0 radical (unpaired) electrons. The van der Waals surface area contributed by atoms with Crippen molar-refractivity contribution in [1.29, 1.82) is 0 Å². The topological polar surface area (TPSA) is 40.5 Å². The smallest absolute Gasteiger partial charge is 0.194 e. The monoisotopic (exact) mass is 456 g/mol. The first kappa shape index (κ1) is 19.2. The lowest BCUT2D eigenvalue weighted by Gasteiger charge is -2.20. The van der Waals surface area contributed by atoms with E-state index in [1.54, 1.807) is 11.3 Å². The Bertz CT molecular complexity index is 663. The zero-order valence-corrected chi connectivity index (χ0v) is 17.4. The lowest BCUT2D eigenvalue weighted by Crippen LogP contribution is -2.39. The third-order valence-electron chi connectivity index (χ3n) is 4.03. The van der Waals surface area contributed by atoms with Crippen molar-refractivity contribution in [2.45, 2.75) is 33.2 Å². The van der Waals surface area contributed by atoms with E-state index in [1.165, 1.54) is 23.3 Å². The van der Waals surface area contributed by atoms with Crippen molar-refractivity contribution in [2.75, 3.05) is 19.6 Å². The minimum Gasteiger partial charge on any atom is -0.357 e. The number of hydrogen-bond donors (Lipinski definition) is 1. The molecule has 1 saturated heterocycles. The van der Waals surface area contributed by atoms with Gasteiger partial charge in [0.25, 0.3) is 0 Å².